The fourth-order valence-electron chi connectivity index (χ4n) is 4.80. The van der Waals surface area contributed by atoms with Crippen molar-refractivity contribution in [1.29, 1.82) is 0 Å². The second kappa shape index (κ2) is 6.98. The maximum absolute atomic E-state index is 11.8. The van der Waals surface area contributed by atoms with E-state index in [0.717, 1.165) is 28.2 Å². The van der Waals surface area contributed by atoms with Gasteiger partial charge in [-0.25, -0.2) is 0 Å². The van der Waals surface area contributed by atoms with Crippen LogP contribution in [0.15, 0.2) is 18.2 Å². The lowest BCUT2D eigenvalue weighted by atomic mass is 9.65. The first-order valence-electron chi connectivity index (χ1n) is 10.1. The number of hydrogen-bond donors (Lipinski definition) is 1. The minimum Gasteiger partial charge on any atom is -0.366 e. The van der Waals surface area contributed by atoms with Crippen molar-refractivity contribution in [1.82, 2.24) is 0 Å². The normalized spacial score (nSPS) is 29.6. The molecule has 0 bridgehead atoms. The molecular formula is C22H31NOS. The molecule has 3 aliphatic rings. The lowest BCUT2D eigenvalue weighted by Gasteiger charge is -2.42. The monoisotopic (exact) mass is 357 g/mol. The number of hydrogen-bond acceptors (Lipinski definition) is 2. The van der Waals surface area contributed by atoms with Crippen LogP contribution in [0.1, 0.15) is 79.3 Å². The molecule has 2 N–H and O–H groups in total. The van der Waals surface area contributed by atoms with Crippen molar-refractivity contribution < 1.29 is 4.79 Å². The van der Waals surface area contributed by atoms with Crippen LogP contribution in [-0.2, 0) is 5.41 Å². The summed E-state index contributed by atoms with van der Waals surface area (Å²) in [5.41, 5.74) is 9.19. The van der Waals surface area contributed by atoms with Gasteiger partial charge in [-0.05, 0) is 92.1 Å². The number of carbonyl (C=O) groups is 1. The summed E-state index contributed by atoms with van der Waals surface area (Å²) in [7, 11) is 0. The third-order valence-electron chi connectivity index (χ3n) is 6.70. The van der Waals surface area contributed by atoms with Crippen LogP contribution in [0.25, 0.3) is 0 Å². The van der Waals surface area contributed by atoms with Crippen LogP contribution in [0, 0.1) is 18.8 Å². The Kier molecular flexibility index (Phi) is 4.87. The quantitative estimate of drug-likeness (QED) is 0.727. The summed E-state index contributed by atoms with van der Waals surface area (Å²) in [6.07, 6.45) is 12.3. The van der Waals surface area contributed by atoms with E-state index in [-0.39, 0.29) is 11.3 Å². The number of nitrogens with two attached hydrogens (primary N) is 1. The maximum Gasteiger partial charge on any atom is 0.248 e. The highest BCUT2D eigenvalue weighted by Crippen LogP contribution is 2.52. The molecule has 0 spiro atoms. The highest BCUT2D eigenvalue weighted by atomic mass is 32.2. The van der Waals surface area contributed by atoms with Gasteiger partial charge in [-0.15, -0.1) is 0 Å². The van der Waals surface area contributed by atoms with Gasteiger partial charge in [-0.2, -0.15) is 11.8 Å². The Morgan fingerprint density at radius 3 is 2.40 bits per heavy atom. The molecule has 1 aromatic rings. The number of carbonyl (C=O) groups excluding carboxylic acids is 1. The molecule has 25 heavy (non-hydrogen) atoms. The molecule has 0 unspecified atom stereocenters. The zero-order chi connectivity index (χ0) is 17.4. The van der Waals surface area contributed by atoms with Gasteiger partial charge in [-0.1, -0.05) is 25.0 Å². The summed E-state index contributed by atoms with van der Waals surface area (Å²) < 4.78 is 0. The molecule has 3 fully saturated rings. The molecule has 3 aliphatic carbocycles. The van der Waals surface area contributed by atoms with Crippen LogP contribution in [0.4, 0.5) is 0 Å². The van der Waals surface area contributed by atoms with Crippen molar-refractivity contribution in [2.24, 2.45) is 17.6 Å². The van der Waals surface area contributed by atoms with Crippen LogP contribution < -0.4 is 5.73 Å². The largest absolute Gasteiger partial charge is 0.366 e. The molecule has 136 valence electrons. The third-order valence-corrected chi connectivity index (χ3v) is 8.31. The van der Waals surface area contributed by atoms with Gasteiger partial charge in [0, 0.05) is 10.8 Å². The van der Waals surface area contributed by atoms with E-state index < -0.39 is 0 Å². The Bertz CT molecular complexity index is 639. The van der Waals surface area contributed by atoms with Crippen LogP contribution in [0.3, 0.4) is 0 Å². The van der Waals surface area contributed by atoms with Gasteiger partial charge in [0.2, 0.25) is 5.91 Å². The van der Waals surface area contributed by atoms with Gasteiger partial charge in [0.1, 0.15) is 0 Å². The van der Waals surface area contributed by atoms with Gasteiger partial charge in [0.05, 0.1) is 0 Å². The van der Waals surface area contributed by atoms with Crippen LogP contribution in [0.2, 0.25) is 0 Å². The Morgan fingerprint density at radius 2 is 1.80 bits per heavy atom. The predicted octanol–water partition coefficient (Wildman–Crippen LogP) is 5.22. The first kappa shape index (κ1) is 17.5. The standard InChI is InChI=1S/C22H31NOS/c1-15-19(21(23)24)3-2-4-20(15)22(13-16-5-6-16)11-9-18(10-12-22)25-14-17-7-8-17/h2-4,16-18H,5-14H2,1H3,(H2,23,24). The second-order valence-corrected chi connectivity index (χ2v) is 10.1. The average Bonchev–Trinajstić information content (AvgIpc) is 3.50. The van der Waals surface area contributed by atoms with E-state index >= 15 is 0 Å². The van der Waals surface area contributed by atoms with Gasteiger partial charge in [0.25, 0.3) is 0 Å². The first-order chi connectivity index (χ1) is 12.1. The number of rotatable bonds is 7. The van der Waals surface area contributed by atoms with Crippen LogP contribution in [0.5, 0.6) is 0 Å². The highest BCUT2D eigenvalue weighted by molar-refractivity contribution is 7.99. The van der Waals surface area contributed by atoms with Crippen molar-refractivity contribution in [3.05, 3.63) is 34.9 Å². The van der Waals surface area contributed by atoms with E-state index in [1.54, 1.807) is 0 Å². The Balaban J connectivity index is 1.54. The first-order valence-corrected chi connectivity index (χ1v) is 11.1. The fourth-order valence-corrected chi connectivity index (χ4v) is 6.25. The molecule has 4 rings (SSSR count). The predicted molar refractivity (Wildman–Crippen MR) is 106 cm³/mol. The Morgan fingerprint density at radius 1 is 1.12 bits per heavy atom. The third kappa shape index (κ3) is 3.92. The molecule has 3 saturated carbocycles. The molecule has 0 aliphatic heterocycles. The van der Waals surface area contributed by atoms with Gasteiger partial charge >= 0.3 is 0 Å². The SMILES string of the molecule is Cc1c(C(N)=O)cccc1C1(CC2CC2)CCC(SCC2CC2)CC1. The van der Waals surface area contributed by atoms with E-state index in [9.17, 15) is 4.79 Å². The molecule has 1 aromatic carbocycles. The zero-order valence-corrected chi connectivity index (χ0v) is 16.2. The molecule has 0 radical (unpaired) electrons. The lowest BCUT2D eigenvalue weighted by molar-refractivity contribution is 0.0999. The van der Waals surface area contributed by atoms with Gasteiger partial charge in [0.15, 0.2) is 0 Å². The van der Waals surface area contributed by atoms with Crippen molar-refractivity contribution >= 4 is 17.7 Å². The molecule has 0 saturated heterocycles. The number of amides is 1. The summed E-state index contributed by atoms with van der Waals surface area (Å²) in [5.74, 6) is 3.04. The van der Waals surface area contributed by atoms with Crippen molar-refractivity contribution in [2.45, 2.75) is 75.4 Å². The zero-order valence-electron chi connectivity index (χ0n) is 15.4. The van der Waals surface area contributed by atoms with E-state index in [4.69, 9.17) is 5.73 Å². The summed E-state index contributed by atoms with van der Waals surface area (Å²) in [5, 5.41) is 0.854. The van der Waals surface area contributed by atoms with Crippen LogP contribution in [-0.4, -0.2) is 16.9 Å². The van der Waals surface area contributed by atoms with Crippen LogP contribution >= 0.6 is 11.8 Å². The minimum atomic E-state index is -0.283. The van der Waals surface area contributed by atoms with E-state index in [2.05, 4.69) is 24.8 Å². The van der Waals surface area contributed by atoms with Crippen molar-refractivity contribution in [3.8, 4) is 0 Å². The fraction of sp³-hybridized carbons (Fsp3) is 0.682. The second-order valence-electron chi connectivity index (χ2n) is 8.75. The molecule has 0 atom stereocenters. The summed E-state index contributed by atoms with van der Waals surface area (Å²) in [6, 6.07) is 6.22. The smallest absolute Gasteiger partial charge is 0.248 e. The topological polar surface area (TPSA) is 43.1 Å². The number of thioether (sulfide) groups is 1. The van der Waals surface area contributed by atoms with Crippen molar-refractivity contribution in [3.63, 3.8) is 0 Å². The van der Waals surface area contributed by atoms with Crippen molar-refractivity contribution in [2.75, 3.05) is 5.75 Å². The van der Waals surface area contributed by atoms with Gasteiger partial charge < -0.3 is 5.73 Å². The van der Waals surface area contributed by atoms with E-state index in [0.29, 0.717) is 0 Å². The Labute approximate surface area is 156 Å². The maximum atomic E-state index is 11.8. The molecule has 2 nitrogen and oxygen atoms in total. The van der Waals surface area contributed by atoms with E-state index in [1.807, 2.05) is 12.1 Å². The van der Waals surface area contributed by atoms with Gasteiger partial charge in [-0.3, -0.25) is 4.79 Å². The Hall–Kier alpha value is -0.960. The molecule has 3 heteroatoms. The minimum absolute atomic E-state index is 0.283. The number of benzene rings is 1. The molecule has 0 aromatic heterocycles. The summed E-state index contributed by atoms with van der Waals surface area (Å²) in [4.78, 5) is 11.8. The number of primary amides is 1. The average molecular weight is 358 g/mol. The molecule has 0 heterocycles. The summed E-state index contributed by atoms with van der Waals surface area (Å²) in [6.45, 7) is 2.11. The molecule has 1 amide bonds. The van der Waals surface area contributed by atoms with E-state index in [1.165, 1.54) is 69.1 Å². The highest BCUT2D eigenvalue weighted by Gasteiger charge is 2.42. The molecular weight excluding hydrogens is 326 g/mol. The summed E-state index contributed by atoms with van der Waals surface area (Å²) >= 11 is 2.24. The lowest BCUT2D eigenvalue weighted by Crippen LogP contribution is -2.35.